The van der Waals surface area contributed by atoms with Crippen molar-refractivity contribution in [3.05, 3.63) is 47.2 Å². The van der Waals surface area contributed by atoms with E-state index in [-0.39, 0.29) is 5.88 Å². The molecule has 1 N–H and O–H groups in total. The Balaban J connectivity index is 1.18. The summed E-state index contributed by atoms with van der Waals surface area (Å²) in [5.41, 5.74) is 0.944. The number of methoxy groups -OCH3 is 1. The maximum atomic E-state index is 14.2. The number of hydrogen-bond donors (Lipinski definition) is 1. The number of aromatic nitrogens is 3. The van der Waals surface area contributed by atoms with E-state index in [9.17, 15) is 14.8 Å². The van der Waals surface area contributed by atoms with E-state index in [2.05, 4.69) is 32.0 Å². The van der Waals surface area contributed by atoms with Crippen molar-refractivity contribution in [1.82, 2.24) is 24.6 Å². The number of rotatable bonds is 7. The number of nitriles is 1. The van der Waals surface area contributed by atoms with E-state index in [1.165, 1.54) is 13.2 Å². The van der Waals surface area contributed by atoms with Crippen LogP contribution in [0.2, 0.25) is 0 Å². The van der Waals surface area contributed by atoms with Gasteiger partial charge in [-0.3, -0.25) is 14.5 Å². The van der Waals surface area contributed by atoms with Crippen molar-refractivity contribution in [1.29, 1.82) is 5.26 Å². The Morgan fingerprint density at radius 2 is 2.06 bits per heavy atom. The van der Waals surface area contributed by atoms with Crippen molar-refractivity contribution < 1.29 is 19.0 Å². The lowest BCUT2D eigenvalue weighted by Crippen LogP contribution is -2.72. The van der Waals surface area contributed by atoms with Crippen LogP contribution in [0.4, 0.5) is 4.39 Å². The Bertz CT molecular complexity index is 1220. The summed E-state index contributed by atoms with van der Waals surface area (Å²) in [5.74, 6) is -0.0987. The lowest BCUT2D eigenvalue weighted by Gasteiger charge is -2.60. The Kier molecular flexibility index (Phi) is 5.64. The van der Waals surface area contributed by atoms with Gasteiger partial charge in [0, 0.05) is 37.9 Å². The van der Waals surface area contributed by atoms with Gasteiger partial charge in [-0.1, -0.05) is 0 Å². The van der Waals surface area contributed by atoms with Crippen LogP contribution < -0.4 is 4.74 Å². The van der Waals surface area contributed by atoms with E-state index in [1.54, 1.807) is 12.4 Å². The molecule has 7 rings (SSSR count). The third-order valence-corrected chi connectivity index (χ3v) is 8.21. The topological polar surface area (TPSA) is 99.7 Å². The molecule has 3 saturated heterocycles. The molecule has 0 spiro atoms. The number of piperazine rings is 1. The van der Waals surface area contributed by atoms with Crippen molar-refractivity contribution in [2.45, 2.75) is 62.7 Å². The summed E-state index contributed by atoms with van der Waals surface area (Å²) in [4.78, 5) is 8.88. The predicted molar refractivity (Wildman–Crippen MR) is 128 cm³/mol. The fraction of sp³-hybridized carbons (Fsp3) is 0.577. The van der Waals surface area contributed by atoms with Crippen LogP contribution in [0, 0.1) is 23.1 Å². The predicted octanol–water partition coefficient (Wildman–Crippen LogP) is 2.16. The van der Waals surface area contributed by atoms with Gasteiger partial charge in [-0.2, -0.15) is 10.4 Å². The van der Waals surface area contributed by atoms with Gasteiger partial charge in [0.1, 0.15) is 6.07 Å². The molecule has 190 valence electrons. The first kappa shape index (κ1) is 23.6. The van der Waals surface area contributed by atoms with Crippen molar-refractivity contribution in [2.75, 3.05) is 26.8 Å². The molecule has 6 heterocycles. The van der Waals surface area contributed by atoms with Crippen LogP contribution in [0.25, 0.3) is 6.08 Å². The smallest absolute Gasteiger partial charge is 0.250 e. The molecule has 0 amide bonds. The molecule has 5 aliphatic rings. The summed E-state index contributed by atoms with van der Waals surface area (Å²) in [6, 6.07) is 4.38. The molecule has 0 radical (unpaired) electrons. The zero-order chi connectivity index (χ0) is 25.1. The zero-order valence-corrected chi connectivity index (χ0v) is 20.6. The molecular weight excluding hydrogens is 463 g/mol. The maximum absolute atomic E-state index is 14.2. The van der Waals surface area contributed by atoms with Crippen LogP contribution in [-0.2, 0) is 17.8 Å². The SMILES string of the molecule is COc1ncc(CN2C3CC2CN(C2(OCC4CC(C)(O)C4)C=Cc4c(C#N)cnn4C2)C3)cc1F. The van der Waals surface area contributed by atoms with Crippen LogP contribution in [0.5, 0.6) is 5.88 Å². The van der Waals surface area contributed by atoms with E-state index < -0.39 is 17.1 Å². The fourth-order valence-corrected chi connectivity index (χ4v) is 6.38. The molecule has 1 aliphatic carbocycles. The first-order valence-corrected chi connectivity index (χ1v) is 12.5. The van der Waals surface area contributed by atoms with E-state index >= 15 is 0 Å². The van der Waals surface area contributed by atoms with Gasteiger partial charge in [0.15, 0.2) is 11.5 Å². The monoisotopic (exact) mass is 494 g/mol. The second-order valence-electron chi connectivity index (χ2n) is 10.9. The van der Waals surface area contributed by atoms with Crippen LogP contribution >= 0.6 is 0 Å². The van der Waals surface area contributed by atoms with Crippen molar-refractivity contribution in [3.63, 3.8) is 0 Å². The highest BCUT2D eigenvalue weighted by molar-refractivity contribution is 5.56. The molecule has 2 aromatic heterocycles. The number of piperidine rings is 1. The molecule has 4 fully saturated rings. The number of nitrogens with zero attached hydrogens (tertiary/aromatic N) is 6. The number of pyridine rings is 1. The normalized spacial score (nSPS) is 33.4. The van der Waals surface area contributed by atoms with Crippen molar-refractivity contribution in [2.24, 2.45) is 5.92 Å². The molecule has 2 bridgehead atoms. The summed E-state index contributed by atoms with van der Waals surface area (Å²) in [5, 5.41) is 24.0. The lowest BCUT2D eigenvalue weighted by molar-refractivity contribution is -0.205. The van der Waals surface area contributed by atoms with Crippen LogP contribution in [0.1, 0.15) is 43.0 Å². The van der Waals surface area contributed by atoms with Gasteiger partial charge in [-0.15, -0.1) is 0 Å². The van der Waals surface area contributed by atoms with Gasteiger partial charge < -0.3 is 14.6 Å². The molecule has 10 heteroatoms. The summed E-state index contributed by atoms with van der Waals surface area (Å²) in [6.07, 6.45) is 9.90. The third kappa shape index (κ3) is 4.00. The quantitative estimate of drug-likeness (QED) is 0.625. The van der Waals surface area contributed by atoms with E-state index in [0.29, 0.717) is 43.3 Å². The average Bonchev–Trinajstić information content (AvgIpc) is 3.27. The molecular formula is C26H31FN6O3. The van der Waals surface area contributed by atoms with Gasteiger partial charge in [0.2, 0.25) is 5.88 Å². The molecule has 3 atom stereocenters. The van der Waals surface area contributed by atoms with Gasteiger partial charge in [-0.05, 0) is 55.9 Å². The molecule has 0 aromatic carbocycles. The Morgan fingerprint density at radius 3 is 2.72 bits per heavy atom. The molecule has 2 aromatic rings. The number of aliphatic hydroxyl groups is 1. The van der Waals surface area contributed by atoms with Crippen LogP contribution in [0.15, 0.2) is 24.5 Å². The van der Waals surface area contributed by atoms with E-state index in [1.807, 2.05) is 17.7 Å². The Morgan fingerprint density at radius 1 is 1.28 bits per heavy atom. The Hall–Kier alpha value is -2.84. The summed E-state index contributed by atoms with van der Waals surface area (Å²) < 4.78 is 27.6. The third-order valence-electron chi connectivity index (χ3n) is 8.21. The van der Waals surface area contributed by atoms with Gasteiger partial charge >= 0.3 is 0 Å². The Labute approximate surface area is 209 Å². The molecule has 4 aliphatic heterocycles. The maximum Gasteiger partial charge on any atom is 0.250 e. The second kappa shape index (κ2) is 8.63. The van der Waals surface area contributed by atoms with E-state index in [0.717, 1.165) is 43.6 Å². The number of ether oxygens (including phenoxy) is 2. The minimum absolute atomic E-state index is 0.0161. The minimum atomic E-state index is -0.663. The number of hydrogen-bond acceptors (Lipinski definition) is 8. The molecule has 9 nitrogen and oxygen atoms in total. The van der Waals surface area contributed by atoms with Crippen molar-refractivity contribution >= 4 is 6.08 Å². The lowest BCUT2D eigenvalue weighted by atomic mass is 9.72. The van der Waals surface area contributed by atoms with Crippen LogP contribution in [-0.4, -0.2) is 79.9 Å². The summed E-state index contributed by atoms with van der Waals surface area (Å²) in [6.45, 7) is 5.22. The standard InChI is InChI=1S/C26H31FN6O3/c1-25(34)7-18(8-25)15-36-26(4-3-23-19(9-28)11-30-33(23)16-26)31-13-20-6-21(14-31)32(20)12-17-5-22(27)24(35-2)29-10-17/h3-5,10-11,18,20-21,34H,6-8,12-16H2,1-2H3. The average molecular weight is 495 g/mol. The number of halogens is 1. The van der Waals surface area contributed by atoms with Gasteiger partial charge in [0.05, 0.1) is 43.3 Å². The highest BCUT2D eigenvalue weighted by Gasteiger charge is 2.51. The fourth-order valence-electron chi connectivity index (χ4n) is 6.38. The largest absolute Gasteiger partial charge is 0.479 e. The van der Waals surface area contributed by atoms with E-state index in [4.69, 9.17) is 9.47 Å². The summed E-state index contributed by atoms with van der Waals surface area (Å²) in [7, 11) is 1.41. The number of fused-ring (bicyclic) bond motifs is 3. The van der Waals surface area contributed by atoms with Crippen LogP contribution in [0.3, 0.4) is 0 Å². The minimum Gasteiger partial charge on any atom is -0.479 e. The van der Waals surface area contributed by atoms with Gasteiger partial charge in [0.25, 0.3) is 0 Å². The van der Waals surface area contributed by atoms with Crippen molar-refractivity contribution in [3.8, 4) is 11.9 Å². The first-order valence-electron chi connectivity index (χ1n) is 12.5. The second-order valence-corrected chi connectivity index (χ2v) is 10.9. The summed E-state index contributed by atoms with van der Waals surface area (Å²) >= 11 is 0. The molecule has 36 heavy (non-hydrogen) atoms. The highest BCUT2D eigenvalue weighted by atomic mass is 19.1. The highest BCUT2D eigenvalue weighted by Crippen LogP contribution is 2.42. The zero-order valence-electron chi connectivity index (χ0n) is 20.6. The van der Waals surface area contributed by atoms with Gasteiger partial charge in [-0.25, -0.2) is 9.37 Å². The first-order chi connectivity index (χ1) is 17.3. The molecule has 3 unspecified atom stereocenters. The molecule has 1 saturated carbocycles.